The van der Waals surface area contributed by atoms with E-state index in [2.05, 4.69) is 9.62 Å². The second-order valence-corrected chi connectivity index (χ2v) is 9.52. The Hall–Kier alpha value is -0.890. The fourth-order valence-corrected chi connectivity index (χ4v) is 5.58. The van der Waals surface area contributed by atoms with Crippen LogP contribution in [0.15, 0.2) is 35.2 Å². The molecule has 2 aromatic rings. The van der Waals surface area contributed by atoms with Crippen LogP contribution < -0.4 is 9.46 Å². The third kappa shape index (κ3) is 4.94. The highest BCUT2D eigenvalue weighted by molar-refractivity contribution is 7.93. The van der Waals surface area contributed by atoms with Gasteiger partial charge in [-0.2, -0.15) is 0 Å². The van der Waals surface area contributed by atoms with Gasteiger partial charge in [0, 0.05) is 24.2 Å². The lowest BCUT2D eigenvalue weighted by atomic mass is 10.3. The predicted octanol–water partition coefficient (Wildman–Crippen LogP) is 5.18. The molecule has 1 aliphatic rings. The van der Waals surface area contributed by atoms with Gasteiger partial charge in [0.15, 0.2) is 0 Å². The van der Waals surface area contributed by atoms with Crippen LogP contribution in [0.4, 0.5) is 5.69 Å². The van der Waals surface area contributed by atoms with Gasteiger partial charge in [-0.1, -0.05) is 46.4 Å². The number of sulfonamides is 1. The number of likely N-dealkylation sites (N-methyl/N-ethyl adjacent to an activating group) is 1. The third-order valence-electron chi connectivity index (χ3n) is 4.06. The normalized spacial score (nSPS) is 17.9. The molecule has 3 rings (SSSR count). The van der Waals surface area contributed by atoms with E-state index in [0.29, 0.717) is 10.8 Å². The quantitative estimate of drug-likeness (QED) is 0.654. The van der Waals surface area contributed by atoms with Crippen LogP contribution in [-0.4, -0.2) is 39.6 Å². The van der Waals surface area contributed by atoms with Crippen molar-refractivity contribution in [2.24, 2.45) is 0 Å². The van der Waals surface area contributed by atoms with Gasteiger partial charge in [-0.05, 0) is 37.7 Å². The molecule has 1 aliphatic heterocycles. The van der Waals surface area contributed by atoms with Crippen molar-refractivity contribution >= 4 is 62.1 Å². The van der Waals surface area contributed by atoms with Gasteiger partial charge in [0.25, 0.3) is 10.0 Å². The second kappa shape index (κ2) is 8.23. The van der Waals surface area contributed by atoms with Gasteiger partial charge in [0.2, 0.25) is 0 Å². The van der Waals surface area contributed by atoms with E-state index in [1.165, 1.54) is 24.3 Å². The first-order valence-corrected chi connectivity index (χ1v) is 11.0. The summed E-state index contributed by atoms with van der Waals surface area (Å²) >= 11 is 24.1. The standard InChI is InChI=1S/C17H16Cl4N2O3S/c1-23-5-4-12(9-23)26-16-8-11(2-3-13(16)19)22-27(24,25)17-14(20)6-10(18)7-15(17)21/h2-3,6-8,12,22H,4-5,9H2,1H3/t12-/m1/s1. The molecule has 1 saturated heterocycles. The van der Waals surface area contributed by atoms with Crippen molar-refractivity contribution in [2.75, 3.05) is 24.9 Å². The number of nitrogens with one attached hydrogen (secondary N) is 1. The summed E-state index contributed by atoms with van der Waals surface area (Å²) in [7, 11) is -2.03. The van der Waals surface area contributed by atoms with Crippen LogP contribution in [0.1, 0.15) is 6.42 Å². The first-order chi connectivity index (χ1) is 12.7. The van der Waals surface area contributed by atoms with Gasteiger partial charge in [-0.15, -0.1) is 0 Å². The molecule has 0 amide bonds. The fraction of sp³-hybridized carbons (Fsp3) is 0.294. The number of anilines is 1. The smallest absolute Gasteiger partial charge is 0.264 e. The van der Waals surface area contributed by atoms with E-state index in [1.54, 1.807) is 6.07 Å². The number of hydrogen-bond donors (Lipinski definition) is 1. The zero-order chi connectivity index (χ0) is 19.8. The van der Waals surface area contributed by atoms with E-state index in [-0.39, 0.29) is 31.8 Å². The molecule has 0 aromatic heterocycles. The average molecular weight is 470 g/mol. The molecule has 1 N–H and O–H groups in total. The molecule has 10 heteroatoms. The molecule has 2 aromatic carbocycles. The first kappa shape index (κ1) is 20.8. The number of benzene rings is 2. The maximum absolute atomic E-state index is 12.7. The zero-order valence-corrected chi connectivity index (χ0v) is 18.0. The average Bonchev–Trinajstić information content (AvgIpc) is 2.94. The Morgan fingerprint density at radius 1 is 1.07 bits per heavy atom. The minimum atomic E-state index is -4.04. The highest BCUT2D eigenvalue weighted by Crippen LogP contribution is 2.35. The van der Waals surface area contributed by atoms with E-state index in [1.807, 2.05) is 7.05 Å². The lowest BCUT2D eigenvalue weighted by molar-refractivity contribution is 0.208. The molecular formula is C17H16Cl4N2O3S. The Balaban J connectivity index is 1.86. The van der Waals surface area contributed by atoms with Crippen molar-refractivity contribution in [3.63, 3.8) is 0 Å². The monoisotopic (exact) mass is 468 g/mol. The van der Waals surface area contributed by atoms with E-state index >= 15 is 0 Å². The number of nitrogens with zero attached hydrogens (tertiary/aromatic N) is 1. The topological polar surface area (TPSA) is 58.6 Å². The molecule has 0 unspecified atom stereocenters. The van der Waals surface area contributed by atoms with Gasteiger partial charge in [0.05, 0.1) is 20.8 Å². The Kier molecular flexibility index (Phi) is 6.35. The molecule has 0 bridgehead atoms. The third-order valence-corrected chi connectivity index (χ3v) is 6.89. The minimum Gasteiger partial charge on any atom is -0.487 e. The summed E-state index contributed by atoms with van der Waals surface area (Å²) in [5, 5.41) is 0.501. The maximum Gasteiger partial charge on any atom is 0.264 e. The Morgan fingerprint density at radius 2 is 1.74 bits per heavy atom. The van der Waals surface area contributed by atoms with Gasteiger partial charge in [0.1, 0.15) is 16.7 Å². The zero-order valence-electron chi connectivity index (χ0n) is 14.2. The van der Waals surface area contributed by atoms with Crippen LogP contribution >= 0.6 is 46.4 Å². The van der Waals surface area contributed by atoms with E-state index < -0.39 is 10.0 Å². The second-order valence-electron chi connectivity index (χ2n) is 6.24. The highest BCUT2D eigenvalue weighted by atomic mass is 35.5. The summed E-state index contributed by atoms with van der Waals surface area (Å²) in [5.74, 6) is 0.408. The number of likely N-dealkylation sites (tertiary alicyclic amines) is 1. The van der Waals surface area contributed by atoms with Gasteiger partial charge >= 0.3 is 0 Å². The van der Waals surface area contributed by atoms with E-state index in [9.17, 15) is 8.42 Å². The molecule has 0 aliphatic carbocycles. The SMILES string of the molecule is CN1CC[C@@H](Oc2cc(NS(=O)(=O)c3c(Cl)cc(Cl)cc3Cl)ccc2Cl)C1. The van der Waals surface area contributed by atoms with Crippen molar-refractivity contribution in [3.8, 4) is 5.75 Å². The fourth-order valence-electron chi connectivity index (χ4n) is 2.82. The summed E-state index contributed by atoms with van der Waals surface area (Å²) in [6, 6.07) is 7.27. The molecule has 146 valence electrons. The molecule has 1 heterocycles. The summed E-state index contributed by atoms with van der Waals surface area (Å²) in [6.45, 7) is 1.71. The van der Waals surface area contributed by atoms with Crippen molar-refractivity contribution in [1.82, 2.24) is 4.90 Å². The lowest BCUT2D eigenvalue weighted by Crippen LogP contribution is -2.21. The molecule has 27 heavy (non-hydrogen) atoms. The van der Waals surface area contributed by atoms with Crippen LogP contribution in [0.2, 0.25) is 20.1 Å². The van der Waals surface area contributed by atoms with E-state index in [0.717, 1.165) is 19.5 Å². The first-order valence-electron chi connectivity index (χ1n) is 7.98. The lowest BCUT2D eigenvalue weighted by Gasteiger charge is -2.17. The summed E-state index contributed by atoms with van der Waals surface area (Å²) in [5.41, 5.74) is 0.280. The van der Waals surface area contributed by atoms with E-state index in [4.69, 9.17) is 51.1 Å². The number of halogens is 4. The minimum absolute atomic E-state index is 0.000453. The Morgan fingerprint density at radius 3 is 2.33 bits per heavy atom. The largest absolute Gasteiger partial charge is 0.487 e. The maximum atomic E-state index is 12.7. The van der Waals surface area contributed by atoms with Crippen LogP contribution in [0, 0.1) is 0 Å². The predicted molar refractivity (Wildman–Crippen MR) is 110 cm³/mol. The van der Waals surface area contributed by atoms with Crippen molar-refractivity contribution in [1.29, 1.82) is 0 Å². The van der Waals surface area contributed by atoms with Crippen LogP contribution in [0.25, 0.3) is 0 Å². The highest BCUT2D eigenvalue weighted by Gasteiger charge is 2.24. The molecule has 0 saturated carbocycles. The van der Waals surface area contributed by atoms with Gasteiger partial charge < -0.3 is 9.64 Å². The van der Waals surface area contributed by atoms with Gasteiger partial charge in [-0.25, -0.2) is 8.42 Å². The molecule has 1 fully saturated rings. The summed E-state index contributed by atoms with van der Waals surface area (Å²) in [4.78, 5) is 1.90. The Labute approximate surface area is 178 Å². The van der Waals surface area contributed by atoms with Crippen LogP contribution in [-0.2, 0) is 10.0 Å². The number of rotatable bonds is 5. The summed E-state index contributed by atoms with van der Waals surface area (Å²) < 4.78 is 33.8. The molecule has 1 atom stereocenters. The molecular weight excluding hydrogens is 454 g/mol. The summed E-state index contributed by atoms with van der Waals surface area (Å²) in [6.07, 6.45) is 0.873. The van der Waals surface area contributed by atoms with Crippen molar-refractivity contribution in [3.05, 3.63) is 50.4 Å². The Bertz CT molecular complexity index is 946. The number of ether oxygens (including phenoxy) is 1. The van der Waals surface area contributed by atoms with Gasteiger partial charge in [-0.3, -0.25) is 4.72 Å². The van der Waals surface area contributed by atoms with Crippen molar-refractivity contribution < 1.29 is 13.2 Å². The molecule has 0 radical (unpaired) electrons. The molecule has 5 nitrogen and oxygen atoms in total. The molecule has 0 spiro atoms. The van der Waals surface area contributed by atoms with Crippen LogP contribution in [0.3, 0.4) is 0 Å². The number of hydrogen-bond acceptors (Lipinski definition) is 4. The van der Waals surface area contributed by atoms with Crippen LogP contribution in [0.5, 0.6) is 5.75 Å². The van der Waals surface area contributed by atoms with Crippen molar-refractivity contribution in [2.45, 2.75) is 17.4 Å².